The van der Waals surface area contributed by atoms with Gasteiger partial charge in [0.2, 0.25) is 0 Å². The van der Waals surface area contributed by atoms with E-state index in [9.17, 15) is 23.3 Å². The van der Waals surface area contributed by atoms with Crippen LogP contribution in [0.5, 0.6) is 11.5 Å². The first-order chi connectivity index (χ1) is 19.2. The number of benzene rings is 4. The number of non-ortho nitro benzene ring substituents is 1. The second-order valence-corrected chi connectivity index (χ2v) is 10.6. The Morgan fingerprint density at radius 2 is 1.65 bits per heavy atom. The standard InChI is InChI=1S/C29H23N3O7S/c1-19-7-12-22(13-8-19)31(28-24-5-3-4-6-27(24)40(36,37)30-28)18-20-9-16-25(26(17-20)38-2)39-29(33)21-10-14-23(15-11-21)32(34)35/h3-17H,18H2,1-2H3. The minimum absolute atomic E-state index is 0.140. The maximum atomic E-state index is 12.8. The third-order valence-corrected chi connectivity index (χ3v) is 7.62. The number of nitro benzene ring substituents is 1. The lowest BCUT2D eigenvalue weighted by Gasteiger charge is -2.25. The van der Waals surface area contributed by atoms with E-state index in [-0.39, 0.29) is 34.2 Å². The van der Waals surface area contributed by atoms with E-state index in [2.05, 4.69) is 4.40 Å². The first kappa shape index (κ1) is 26.6. The largest absolute Gasteiger partial charge is 0.493 e. The number of aryl methyl sites for hydroxylation is 1. The smallest absolute Gasteiger partial charge is 0.343 e. The number of carbonyl (C=O) groups excluding carboxylic acids is 1. The number of esters is 1. The van der Waals surface area contributed by atoms with E-state index in [1.54, 1.807) is 41.3 Å². The predicted molar refractivity (Wildman–Crippen MR) is 149 cm³/mol. The molecule has 5 rings (SSSR count). The van der Waals surface area contributed by atoms with Crippen LogP contribution in [0.4, 0.5) is 11.4 Å². The Bertz CT molecular complexity index is 1750. The Morgan fingerprint density at radius 3 is 2.33 bits per heavy atom. The van der Waals surface area contributed by atoms with Crippen molar-refractivity contribution in [1.82, 2.24) is 0 Å². The summed E-state index contributed by atoms with van der Waals surface area (Å²) in [5.74, 6) is 0.0251. The number of rotatable bonds is 7. The molecule has 1 heterocycles. The van der Waals surface area contributed by atoms with Gasteiger partial charge in [-0.25, -0.2) is 4.79 Å². The monoisotopic (exact) mass is 557 g/mol. The minimum Gasteiger partial charge on any atom is -0.493 e. The number of ether oxygens (including phenoxy) is 2. The van der Waals surface area contributed by atoms with Crippen LogP contribution in [0.3, 0.4) is 0 Å². The number of nitrogens with zero attached hydrogens (tertiary/aromatic N) is 3. The van der Waals surface area contributed by atoms with Crippen LogP contribution in [0.1, 0.15) is 27.0 Å². The maximum absolute atomic E-state index is 12.8. The van der Waals surface area contributed by atoms with Crippen LogP contribution in [0.15, 0.2) is 100 Å². The molecular formula is C29H23N3O7S. The molecule has 0 atom stereocenters. The van der Waals surface area contributed by atoms with Gasteiger partial charge in [0, 0.05) is 29.9 Å². The lowest BCUT2D eigenvalue weighted by Crippen LogP contribution is -2.30. The van der Waals surface area contributed by atoms with Gasteiger partial charge in [0.25, 0.3) is 15.7 Å². The fourth-order valence-corrected chi connectivity index (χ4v) is 5.46. The van der Waals surface area contributed by atoms with Gasteiger partial charge in [-0.2, -0.15) is 8.42 Å². The molecule has 0 aliphatic carbocycles. The van der Waals surface area contributed by atoms with Gasteiger partial charge in [0.15, 0.2) is 17.3 Å². The molecule has 1 aliphatic rings. The molecule has 0 saturated carbocycles. The molecule has 0 fully saturated rings. The van der Waals surface area contributed by atoms with Crippen molar-refractivity contribution in [2.45, 2.75) is 18.4 Å². The summed E-state index contributed by atoms with van der Waals surface area (Å²) in [6.45, 7) is 2.20. The summed E-state index contributed by atoms with van der Waals surface area (Å²) in [5.41, 5.74) is 3.02. The van der Waals surface area contributed by atoms with Crippen LogP contribution >= 0.6 is 0 Å². The van der Waals surface area contributed by atoms with Gasteiger partial charge in [-0.05, 0) is 61.0 Å². The Balaban J connectivity index is 1.46. The first-order valence-corrected chi connectivity index (χ1v) is 13.5. The Kier molecular flexibility index (Phi) is 7.05. The Morgan fingerprint density at radius 1 is 0.950 bits per heavy atom. The summed E-state index contributed by atoms with van der Waals surface area (Å²) in [4.78, 5) is 24.9. The van der Waals surface area contributed by atoms with E-state index in [0.717, 1.165) is 16.8 Å². The highest BCUT2D eigenvalue weighted by molar-refractivity contribution is 7.90. The molecule has 0 spiro atoms. The summed E-state index contributed by atoms with van der Waals surface area (Å²) < 4.78 is 40.7. The molecule has 4 aromatic rings. The maximum Gasteiger partial charge on any atom is 0.343 e. The van der Waals surface area contributed by atoms with Gasteiger partial charge in [0.05, 0.1) is 17.6 Å². The number of carbonyl (C=O) groups is 1. The van der Waals surface area contributed by atoms with Crippen molar-refractivity contribution >= 4 is 33.2 Å². The SMILES string of the molecule is COc1cc(CN(C2=NS(=O)(=O)c3ccccc32)c2ccc(C)cc2)ccc1OC(=O)c1ccc([N+](=O)[O-])cc1. The van der Waals surface area contributed by atoms with E-state index in [4.69, 9.17) is 9.47 Å². The van der Waals surface area contributed by atoms with Crippen molar-refractivity contribution in [2.24, 2.45) is 4.40 Å². The minimum atomic E-state index is -3.85. The number of hydrogen-bond acceptors (Lipinski definition) is 8. The van der Waals surface area contributed by atoms with Crippen LogP contribution in [0.25, 0.3) is 0 Å². The van der Waals surface area contributed by atoms with E-state index in [0.29, 0.717) is 11.4 Å². The number of amidine groups is 1. The van der Waals surface area contributed by atoms with Crippen LogP contribution in [-0.4, -0.2) is 32.3 Å². The lowest BCUT2D eigenvalue weighted by atomic mass is 10.1. The van der Waals surface area contributed by atoms with Crippen LogP contribution in [-0.2, 0) is 16.6 Å². The van der Waals surface area contributed by atoms with Gasteiger partial charge < -0.3 is 14.4 Å². The number of methoxy groups -OCH3 is 1. The van der Waals surface area contributed by atoms with Crippen molar-refractivity contribution in [2.75, 3.05) is 12.0 Å². The molecule has 4 aromatic carbocycles. The number of fused-ring (bicyclic) bond motifs is 1. The quantitative estimate of drug-likeness (QED) is 0.130. The molecule has 0 N–H and O–H groups in total. The zero-order valence-corrected chi connectivity index (χ0v) is 22.3. The van der Waals surface area contributed by atoms with E-state index in [1.165, 1.54) is 37.4 Å². The molecule has 11 heteroatoms. The van der Waals surface area contributed by atoms with Crippen molar-refractivity contribution in [3.8, 4) is 11.5 Å². The fraction of sp³-hybridized carbons (Fsp3) is 0.103. The third-order valence-electron chi connectivity index (χ3n) is 6.30. The lowest BCUT2D eigenvalue weighted by molar-refractivity contribution is -0.384. The second kappa shape index (κ2) is 10.6. The predicted octanol–water partition coefficient (Wildman–Crippen LogP) is 5.29. The van der Waals surface area contributed by atoms with Gasteiger partial charge in [0.1, 0.15) is 4.90 Å². The molecule has 202 valence electrons. The molecule has 10 nitrogen and oxygen atoms in total. The normalized spacial score (nSPS) is 13.2. The Hall–Kier alpha value is -5.03. The van der Waals surface area contributed by atoms with E-state index < -0.39 is 20.9 Å². The molecular weight excluding hydrogens is 534 g/mol. The van der Waals surface area contributed by atoms with Crippen LogP contribution < -0.4 is 14.4 Å². The number of hydrogen-bond donors (Lipinski definition) is 0. The third kappa shape index (κ3) is 5.27. The van der Waals surface area contributed by atoms with Crippen molar-refractivity contribution in [3.63, 3.8) is 0 Å². The first-order valence-electron chi connectivity index (χ1n) is 12.1. The second-order valence-electron chi connectivity index (χ2n) is 8.99. The number of nitro groups is 1. The van der Waals surface area contributed by atoms with Crippen molar-refractivity contribution in [3.05, 3.63) is 123 Å². The zero-order chi connectivity index (χ0) is 28.4. The van der Waals surface area contributed by atoms with Crippen molar-refractivity contribution in [1.29, 1.82) is 0 Å². The summed E-state index contributed by atoms with van der Waals surface area (Å²) >= 11 is 0. The van der Waals surface area contributed by atoms with Crippen molar-refractivity contribution < 1.29 is 27.6 Å². The molecule has 0 amide bonds. The summed E-state index contributed by atoms with van der Waals surface area (Å²) in [6, 6.07) is 24.4. The average molecular weight is 558 g/mol. The molecule has 0 radical (unpaired) electrons. The number of sulfonamides is 1. The molecule has 0 bridgehead atoms. The highest BCUT2D eigenvalue weighted by Crippen LogP contribution is 2.33. The highest BCUT2D eigenvalue weighted by Gasteiger charge is 2.32. The van der Waals surface area contributed by atoms with Crippen LogP contribution in [0.2, 0.25) is 0 Å². The molecule has 0 saturated heterocycles. The topological polar surface area (TPSA) is 128 Å². The van der Waals surface area contributed by atoms with E-state index >= 15 is 0 Å². The molecule has 40 heavy (non-hydrogen) atoms. The van der Waals surface area contributed by atoms with Gasteiger partial charge in [-0.3, -0.25) is 10.1 Å². The van der Waals surface area contributed by atoms with Gasteiger partial charge in [-0.15, -0.1) is 4.40 Å². The van der Waals surface area contributed by atoms with Gasteiger partial charge >= 0.3 is 5.97 Å². The molecule has 0 aromatic heterocycles. The summed E-state index contributed by atoms with van der Waals surface area (Å²) in [6.07, 6.45) is 0. The fourth-order valence-electron chi connectivity index (χ4n) is 4.25. The summed E-state index contributed by atoms with van der Waals surface area (Å²) in [5, 5.41) is 10.9. The van der Waals surface area contributed by atoms with Crippen LogP contribution in [0, 0.1) is 17.0 Å². The Labute approximate surface area is 230 Å². The highest BCUT2D eigenvalue weighted by atomic mass is 32.2. The average Bonchev–Trinajstić information content (AvgIpc) is 3.23. The van der Waals surface area contributed by atoms with Gasteiger partial charge in [-0.1, -0.05) is 35.9 Å². The van der Waals surface area contributed by atoms with E-state index in [1.807, 2.05) is 31.2 Å². The number of anilines is 1. The molecule has 1 aliphatic heterocycles. The summed E-state index contributed by atoms with van der Waals surface area (Å²) in [7, 11) is -2.41. The molecule has 0 unspecified atom stereocenters. The zero-order valence-electron chi connectivity index (χ0n) is 21.5.